The van der Waals surface area contributed by atoms with Crippen molar-refractivity contribution < 1.29 is 4.79 Å². The number of hydrogen-bond donors (Lipinski definition) is 1. The molecule has 4 heterocycles. The lowest BCUT2D eigenvalue weighted by atomic mass is 9.91. The Bertz CT molecular complexity index is 1100. The third-order valence-corrected chi connectivity index (χ3v) is 5.73. The fourth-order valence-electron chi connectivity index (χ4n) is 4.30. The van der Waals surface area contributed by atoms with Gasteiger partial charge < -0.3 is 9.88 Å². The third kappa shape index (κ3) is 2.23. The van der Waals surface area contributed by atoms with Crippen LogP contribution in [0.1, 0.15) is 31.1 Å². The summed E-state index contributed by atoms with van der Waals surface area (Å²) in [7, 11) is 0. The van der Waals surface area contributed by atoms with Crippen LogP contribution in [-0.4, -0.2) is 43.6 Å². The molecule has 0 radical (unpaired) electrons. The Kier molecular flexibility index (Phi) is 3.38. The van der Waals surface area contributed by atoms with Crippen molar-refractivity contribution in [2.45, 2.75) is 26.3 Å². The standard InChI is InChI=1S/C20H20N6O/c1-11(2)18(20(27)25-9-12(6-21)10-25)26-16-5-13-7-23-19-17(13)14(3-4-22-19)15(16)8-24-26/h3-4,7-8,11-12,18H,5,9-10H2,1-2H3,(H,22,23). The molecule has 1 unspecified atom stereocenters. The summed E-state index contributed by atoms with van der Waals surface area (Å²) in [4.78, 5) is 22.6. The lowest BCUT2D eigenvalue weighted by molar-refractivity contribution is -0.141. The minimum absolute atomic E-state index is 0.0409. The van der Waals surface area contributed by atoms with Crippen LogP contribution in [0.2, 0.25) is 0 Å². The number of pyridine rings is 1. The van der Waals surface area contributed by atoms with Crippen LogP contribution in [0, 0.1) is 23.2 Å². The van der Waals surface area contributed by atoms with Gasteiger partial charge in [-0.25, -0.2) is 4.98 Å². The number of carbonyl (C=O) groups is 1. The van der Waals surface area contributed by atoms with Gasteiger partial charge in [0.25, 0.3) is 0 Å². The topological polar surface area (TPSA) is 90.6 Å². The van der Waals surface area contributed by atoms with Crippen molar-refractivity contribution in [2.24, 2.45) is 11.8 Å². The first-order valence-corrected chi connectivity index (χ1v) is 9.28. The van der Waals surface area contributed by atoms with Crippen molar-refractivity contribution in [2.75, 3.05) is 13.1 Å². The zero-order valence-electron chi connectivity index (χ0n) is 15.3. The number of rotatable bonds is 3. The van der Waals surface area contributed by atoms with Crippen LogP contribution in [0.5, 0.6) is 0 Å². The van der Waals surface area contributed by atoms with Gasteiger partial charge in [-0.2, -0.15) is 10.4 Å². The molecule has 136 valence electrons. The fraction of sp³-hybridized carbons (Fsp3) is 0.400. The van der Waals surface area contributed by atoms with Crippen molar-refractivity contribution in [3.05, 3.63) is 35.9 Å². The SMILES string of the molecule is CC(C)C(C(=O)N1CC(C#N)C1)n1ncc2c1Cc1c[nH]c3nccc-2c13. The number of amides is 1. The van der Waals surface area contributed by atoms with Crippen LogP contribution in [0.3, 0.4) is 0 Å². The van der Waals surface area contributed by atoms with E-state index in [1.165, 1.54) is 5.56 Å². The summed E-state index contributed by atoms with van der Waals surface area (Å²) in [5.41, 5.74) is 5.34. The molecule has 5 rings (SSSR count). The van der Waals surface area contributed by atoms with E-state index in [9.17, 15) is 4.79 Å². The summed E-state index contributed by atoms with van der Waals surface area (Å²) in [5.74, 6) is 0.121. The quantitative estimate of drug-likeness (QED) is 0.608. The minimum Gasteiger partial charge on any atom is -0.346 e. The second-order valence-corrected chi connectivity index (χ2v) is 7.78. The number of nitrogens with one attached hydrogen (secondary N) is 1. The van der Waals surface area contributed by atoms with Crippen molar-refractivity contribution in [1.82, 2.24) is 24.6 Å². The van der Waals surface area contributed by atoms with Gasteiger partial charge in [0.2, 0.25) is 5.91 Å². The highest BCUT2D eigenvalue weighted by atomic mass is 16.2. The number of aromatic nitrogens is 4. The maximum atomic E-state index is 13.1. The van der Waals surface area contributed by atoms with Crippen LogP contribution in [-0.2, 0) is 11.2 Å². The number of hydrogen-bond acceptors (Lipinski definition) is 4. The maximum Gasteiger partial charge on any atom is 0.247 e. The lowest BCUT2D eigenvalue weighted by Gasteiger charge is -2.39. The van der Waals surface area contributed by atoms with Gasteiger partial charge in [-0.15, -0.1) is 0 Å². The first-order chi connectivity index (χ1) is 13.1. The Morgan fingerprint density at radius 1 is 1.37 bits per heavy atom. The van der Waals surface area contributed by atoms with Gasteiger partial charge in [0, 0.05) is 42.9 Å². The largest absolute Gasteiger partial charge is 0.346 e. The van der Waals surface area contributed by atoms with E-state index in [-0.39, 0.29) is 23.8 Å². The van der Waals surface area contributed by atoms with Crippen LogP contribution in [0.4, 0.5) is 0 Å². The predicted octanol–water partition coefficient (Wildman–Crippen LogP) is 2.51. The highest BCUT2D eigenvalue weighted by molar-refractivity contribution is 5.98. The first kappa shape index (κ1) is 16.1. The van der Waals surface area contributed by atoms with Crippen molar-refractivity contribution in [3.8, 4) is 17.2 Å². The smallest absolute Gasteiger partial charge is 0.247 e. The molecule has 1 atom stereocenters. The van der Waals surface area contributed by atoms with Crippen LogP contribution < -0.4 is 0 Å². The third-order valence-electron chi connectivity index (χ3n) is 5.73. The maximum absolute atomic E-state index is 13.1. The first-order valence-electron chi connectivity index (χ1n) is 9.28. The molecule has 1 saturated heterocycles. The number of nitriles is 1. The van der Waals surface area contributed by atoms with E-state index in [1.807, 2.05) is 37.0 Å². The predicted molar refractivity (Wildman–Crippen MR) is 99.7 cm³/mol. The van der Waals surface area contributed by atoms with E-state index in [0.717, 1.165) is 34.3 Å². The fourth-order valence-corrected chi connectivity index (χ4v) is 4.30. The molecular weight excluding hydrogens is 340 g/mol. The molecular formula is C20H20N6O. The van der Waals surface area contributed by atoms with Crippen molar-refractivity contribution in [1.29, 1.82) is 5.26 Å². The van der Waals surface area contributed by atoms with Crippen LogP contribution >= 0.6 is 0 Å². The van der Waals surface area contributed by atoms with Gasteiger partial charge in [0.1, 0.15) is 11.7 Å². The number of likely N-dealkylation sites (tertiary alicyclic amines) is 1. The van der Waals surface area contributed by atoms with Gasteiger partial charge in [-0.3, -0.25) is 9.48 Å². The summed E-state index contributed by atoms with van der Waals surface area (Å²) in [6, 6.07) is 3.89. The molecule has 0 bridgehead atoms. The average Bonchev–Trinajstić information content (AvgIpc) is 3.21. The van der Waals surface area contributed by atoms with E-state index in [4.69, 9.17) is 5.26 Å². The second-order valence-electron chi connectivity index (χ2n) is 7.78. The van der Waals surface area contributed by atoms with Crippen molar-refractivity contribution in [3.63, 3.8) is 0 Å². The highest BCUT2D eigenvalue weighted by Crippen LogP contribution is 2.40. The summed E-state index contributed by atoms with van der Waals surface area (Å²) in [6.45, 7) is 5.14. The molecule has 1 fully saturated rings. The Labute approximate surface area is 156 Å². The molecule has 3 aromatic heterocycles. The monoisotopic (exact) mass is 360 g/mol. The number of fused-ring (bicyclic) bond motifs is 2. The molecule has 1 aliphatic heterocycles. The number of carbonyl (C=O) groups excluding carboxylic acids is 1. The summed E-state index contributed by atoms with van der Waals surface area (Å²) >= 11 is 0. The summed E-state index contributed by atoms with van der Waals surface area (Å²) in [5, 5.41) is 14.8. The normalized spacial score (nSPS) is 16.9. The Morgan fingerprint density at radius 2 is 2.19 bits per heavy atom. The van der Waals surface area contributed by atoms with Crippen LogP contribution in [0.25, 0.3) is 22.2 Å². The molecule has 0 saturated carbocycles. The number of nitrogens with zero attached hydrogens (tertiary/aromatic N) is 5. The van der Waals surface area contributed by atoms with E-state index in [1.54, 1.807) is 11.1 Å². The zero-order valence-corrected chi connectivity index (χ0v) is 15.3. The van der Waals surface area contributed by atoms with E-state index >= 15 is 0 Å². The van der Waals surface area contributed by atoms with Gasteiger partial charge in [-0.1, -0.05) is 13.8 Å². The minimum atomic E-state index is -0.355. The Balaban J connectivity index is 1.56. The number of H-pyrrole nitrogens is 1. The molecule has 27 heavy (non-hydrogen) atoms. The van der Waals surface area contributed by atoms with E-state index < -0.39 is 0 Å². The summed E-state index contributed by atoms with van der Waals surface area (Å²) < 4.78 is 1.91. The molecule has 0 aromatic carbocycles. The average molecular weight is 360 g/mol. The molecule has 1 N–H and O–H groups in total. The van der Waals surface area contributed by atoms with Gasteiger partial charge >= 0.3 is 0 Å². The molecule has 1 amide bonds. The molecule has 1 aliphatic carbocycles. The highest BCUT2D eigenvalue weighted by Gasteiger charge is 2.38. The lowest BCUT2D eigenvalue weighted by Crippen LogP contribution is -2.52. The molecule has 7 heteroatoms. The van der Waals surface area contributed by atoms with Crippen molar-refractivity contribution >= 4 is 16.9 Å². The molecule has 0 spiro atoms. The van der Waals surface area contributed by atoms with Gasteiger partial charge in [-0.05, 0) is 23.1 Å². The zero-order chi connectivity index (χ0) is 18.7. The van der Waals surface area contributed by atoms with E-state index in [2.05, 4.69) is 21.1 Å². The number of aromatic amines is 1. The summed E-state index contributed by atoms with van der Waals surface area (Å²) in [6.07, 6.45) is 6.40. The Hall–Kier alpha value is -3.14. The van der Waals surface area contributed by atoms with Gasteiger partial charge in [0.05, 0.1) is 23.9 Å². The second kappa shape index (κ2) is 5.68. The van der Waals surface area contributed by atoms with E-state index in [0.29, 0.717) is 13.1 Å². The molecule has 7 nitrogen and oxygen atoms in total. The molecule has 2 aliphatic rings. The van der Waals surface area contributed by atoms with Crippen LogP contribution in [0.15, 0.2) is 24.7 Å². The van der Waals surface area contributed by atoms with Gasteiger partial charge in [0.15, 0.2) is 0 Å². The molecule has 3 aromatic rings. The Morgan fingerprint density at radius 3 is 2.93 bits per heavy atom.